The topological polar surface area (TPSA) is 78.4 Å². The van der Waals surface area contributed by atoms with Gasteiger partial charge >= 0.3 is 0 Å². The second-order valence-corrected chi connectivity index (χ2v) is 7.99. The number of methoxy groups -OCH3 is 1. The van der Waals surface area contributed by atoms with Crippen molar-refractivity contribution in [3.63, 3.8) is 0 Å². The Hall–Kier alpha value is -1.99. The van der Waals surface area contributed by atoms with Crippen LogP contribution in [-0.4, -0.2) is 69.7 Å². The Kier molecular flexibility index (Phi) is 8.43. The summed E-state index contributed by atoms with van der Waals surface area (Å²) in [5.74, 6) is 2.35. The van der Waals surface area contributed by atoms with E-state index in [4.69, 9.17) is 9.47 Å². The van der Waals surface area contributed by atoms with Gasteiger partial charge in [0.05, 0.1) is 26.4 Å². The SMILES string of the molecule is CCNC(=NCC(O)COCC1CC1)NC1CCCN(c2cccc(OC)c2)C1. The van der Waals surface area contributed by atoms with Gasteiger partial charge in [0.25, 0.3) is 0 Å². The molecule has 7 nitrogen and oxygen atoms in total. The smallest absolute Gasteiger partial charge is 0.191 e. The molecule has 0 bridgehead atoms. The molecule has 0 radical (unpaired) electrons. The quantitative estimate of drug-likeness (QED) is 0.409. The van der Waals surface area contributed by atoms with Crippen molar-refractivity contribution in [2.24, 2.45) is 10.9 Å². The van der Waals surface area contributed by atoms with Gasteiger partial charge in [-0.1, -0.05) is 6.07 Å². The maximum atomic E-state index is 10.1. The number of aliphatic hydroxyl groups excluding tert-OH is 1. The van der Waals surface area contributed by atoms with Crippen molar-refractivity contribution in [3.8, 4) is 5.75 Å². The normalized spacial score (nSPS) is 21.0. The molecule has 2 fully saturated rings. The molecule has 162 valence electrons. The number of hydrogen-bond acceptors (Lipinski definition) is 5. The maximum absolute atomic E-state index is 10.1. The van der Waals surface area contributed by atoms with Gasteiger partial charge in [-0.05, 0) is 50.7 Å². The summed E-state index contributed by atoms with van der Waals surface area (Å²) in [6.45, 7) is 6.24. The van der Waals surface area contributed by atoms with Crippen molar-refractivity contribution in [2.45, 2.75) is 44.8 Å². The lowest BCUT2D eigenvalue weighted by Crippen LogP contribution is -2.51. The number of rotatable bonds is 10. The van der Waals surface area contributed by atoms with Gasteiger partial charge in [-0.2, -0.15) is 0 Å². The van der Waals surface area contributed by atoms with Crippen molar-refractivity contribution >= 4 is 11.6 Å². The molecule has 1 aromatic rings. The largest absolute Gasteiger partial charge is 0.497 e. The first-order valence-corrected chi connectivity index (χ1v) is 10.9. The molecule has 0 spiro atoms. The molecule has 0 amide bonds. The van der Waals surface area contributed by atoms with Crippen LogP contribution in [0.3, 0.4) is 0 Å². The molecule has 2 unspecified atom stereocenters. The van der Waals surface area contributed by atoms with Gasteiger partial charge in [0.15, 0.2) is 5.96 Å². The van der Waals surface area contributed by atoms with Crippen LogP contribution in [-0.2, 0) is 4.74 Å². The maximum Gasteiger partial charge on any atom is 0.191 e. The molecule has 1 saturated carbocycles. The Labute approximate surface area is 174 Å². The molecule has 1 aromatic carbocycles. The van der Waals surface area contributed by atoms with E-state index in [9.17, 15) is 5.11 Å². The number of hydrogen-bond donors (Lipinski definition) is 3. The lowest BCUT2D eigenvalue weighted by molar-refractivity contribution is 0.0368. The number of benzene rings is 1. The van der Waals surface area contributed by atoms with Crippen molar-refractivity contribution in [3.05, 3.63) is 24.3 Å². The van der Waals surface area contributed by atoms with Crippen LogP contribution in [0.15, 0.2) is 29.3 Å². The van der Waals surface area contributed by atoms with Gasteiger partial charge in [-0.25, -0.2) is 0 Å². The van der Waals surface area contributed by atoms with E-state index >= 15 is 0 Å². The minimum atomic E-state index is -0.566. The third-order valence-electron chi connectivity index (χ3n) is 5.35. The Bertz CT molecular complexity index is 651. The van der Waals surface area contributed by atoms with Gasteiger partial charge < -0.3 is 30.1 Å². The number of ether oxygens (including phenoxy) is 2. The second kappa shape index (κ2) is 11.3. The van der Waals surface area contributed by atoms with E-state index in [-0.39, 0.29) is 0 Å². The monoisotopic (exact) mass is 404 g/mol. The highest BCUT2D eigenvalue weighted by Crippen LogP contribution is 2.28. The zero-order chi connectivity index (χ0) is 20.5. The van der Waals surface area contributed by atoms with Crippen LogP contribution in [0.25, 0.3) is 0 Å². The number of nitrogens with zero attached hydrogens (tertiary/aromatic N) is 2. The zero-order valence-electron chi connectivity index (χ0n) is 17.8. The standard InChI is InChI=1S/C22H36N4O3/c1-3-23-22(24-13-20(27)16-29-15-17-9-10-17)25-18-6-5-11-26(14-18)19-7-4-8-21(12-19)28-2/h4,7-8,12,17-18,20,27H,3,5-6,9-11,13-16H2,1-2H3,(H2,23,24,25). The first-order chi connectivity index (χ1) is 14.2. The van der Waals surface area contributed by atoms with Crippen molar-refractivity contribution < 1.29 is 14.6 Å². The Morgan fingerprint density at radius 2 is 2.21 bits per heavy atom. The Morgan fingerprint density at radius 1 is 1.34 bits per heavy atom. The molecular formula is C22H36N4O3. The fourth-order valence-electron chi connectivity index (χ4n) is 3.55. The molecule has 1 aliphatic carbocycles. The fourth-order valence-corrected chi connectivity index (χ4v) is 3.55. The van der Waals surface area contributed by atoms with Crippen molar-refractivity contribution in [2.75, 3.05) is 51.4 Å². The summed E-state index contributed by atoms with van der Waals surface area (Å²) in [6, 6.07) is 8.51. The number of piperidine rings is 1. The highest BCUT2D eigenvalue weighted by molar-refractivity contribution is 5.80. The first-order valence-electron chi connectivity index (χ1n) is 10.9. The molecule has 3 N–H and O–H groups in total. The van der Waals surface area contributed by atoms with E-state index in [2.05, 4.69) is 39.6 Å². The predicted molar refractivity (Wildman–Crippen MR) is 117 cm³/mol. The average molecular weight is 405 g/mol. The molecule has 2 aliphatic rings. The van der Waals surface area contributed by atoms with Crippen LogP contribution in [0, 0.1) is 5.92 Å². The molecule has 7 heteroatoms. The molecular weight excluding hydrogens is 368 g/mol. The summed E-state index contributed by atoms with van der Waals surface area (Å²) < 4.78 is 10.9. The van der Waals surface area contributed by atoms with E-state index in [0.717, 1.165) is 50.8 Å². The Morgan fingerprint density at radius 3 is 2.97 bits per heavy atom. The van der Waals surface area contributed by atoms with Crippen LogP contribution >= 0.6 is 0 Å². The van der Waals surface area contributed by atoms with E-state index in [1.807, 2.05) is 12.1 Å². The van der Waals surface area contributed by atoms with Gasteiger partial charge in [0.2, 0.25) is 0 Å². The summed E-state index contributed by atoms with van der Waals surface area (Å²) in [5.41, 5.74) is 1.18. The minimum absolute atomic E-state index is 0.302. The zero-order valence-corrected chi connectivity index (χ0v) is 17.8. The molecule has 1 heterocycles. The number of aliphatic hydroxyl groups is 1. The first kappa shape index (κ1) is 21.7. The van der Waals surface area contributed by atoms with E-state index in [0.29, 0.717) is 25.1 Å². The summed E-state index contributed by atoms with van der Waals surface area (Å²) in [5, 5.41) is 17.0. The van der Waals surface area contributed by atoms with E-state index in [1.165, 1.54) is 18.5 Å². The third kappa shape index (κ3) is 7.40. The Balaban J connectivity index is 1.50. The molecule has 1 saturated heterocycles. The number of guanidine groups is 1. The summed E-state index contributed by atoms with van der Waals surface area (Å²) in [6.07, 6.45) is 4.17. The van der Waals surface area contributed by atoms with Crippen LogP contribution < -0.4 is 20.3 Å². The number of anilines is 1. The van der Waals surface area contributed by atoms with Crippen molar-refractivity contribution in [1.29, 1.82) is 0 Å². The summed E-state index contributed by atoms with van der Waals surface area (Å²) in [7, 11) is 1.70. The number of aliphatic imine (C=N–C) groups is 1. The molecule has 2 atom stereocenters. The predicted octanol–water partition coefficient (Wildman–Crippen LogP) is 2.01. The molecule has 1 aliphatic heterocycles. The molecule has 29 heavy (non-hydrogen) atoms. The van der Waals surface area contributed by atoms with Gasteiger partial charge in [-0.3, -0.25) is 4.99 Å². The van der Waals surface area contributed by atoms with E-state index < -0.39 is 6.10 Å². The van der Waals surface area contributed by atoms with Crippen molar-refractivity contribution in [1.82, 2.24) is 10.6 Å². The van der Waals surface area contributed by atoms with Crippen LogP contribution in [0.4, 0.5) is 5.69 Å². The minimum Gasteiger partial charge on any atom is -0.497 e. The van der Waals surface area contributed by atoms with Gasteiger partial charge in [0, 0.05) is 44.0 Å². The fraction of sp³-hybridized carbons (Fsp3) is 0.682. The van der Waals surface area contributed by atoms with E-state index in [1.54, 1.807) is 7.11 Å². The van der Waals surface area contributed by atoms with Crippen LogP contribution in [0.2, 0.25) is 0 Å². The lowest BCUT2D eigenvalue weighted by atomic mass is 10.0. The molecule has 3 rings (SSSR count). The highest BCUT2D eigenvalue weighted by atomic mass is 16.5. The second-order valence-electron chi connectivity index (χ2n) is 7.99. The van der Waals surface area contributed by atoms with Crippen LogP contribution in [0.5, 0.6) is 5.75 Å². The number of nitrogens with one attached hydrogen (secondary N) is 2. The molecule has 0 aromatic heterocycles. The van der Waals surface area contributed by atoms with Crippen LogP contribution in [0.1, 0.15) is 32.6 Å². The average Bonchev–Trinajstić information content (AvgIpc) is 3.57. The summed E-state index contributed by atoms with van der Waals surface area (Å²) >= 11 is 0. The summed E-state index contributed by atoms with van der Waals surface area (Å²) in [4.78, 5) is 6.95. The van der Waals surface area contributed by atoms with Gasteiger partial charge in [0.1, 0.15) is 5.75 Å². The lowest BCUT2D eigenvalue weighted by Gasteiger charge is -2.35. The highest BCUT2D eigenvalue weighted by Gasteiger charge is 2.22. The van der Waals surface area contributed by atoms with Gasteiger partial charge in [-0.15, -0.1) is 0 Å². The third-order valence-corrected chi connectivity index (χ3v) is 5.35.